The molecule has 0 spiro atoms. The fourth-order valence-corrected chi connectivity index (χ4v) is 1.68. The van der Waals surface area contributed by atoms with Crippen LogP contribution in [0.15, 0.2) is 48.5 Å². The number of methoxy groups -OCH3 is 1. The van der Waals surface area contributed by atoms with Gasteiger partial charge in [-0.1, -0.05) is 23.7 Å². The Labute approximate surface area is 116 Å². The lowest BCUT2D eigenvalue weighted by atomic mass is 10.1. The first-order chi connectivity index (χ1) is 9.19. The van der Waals surface area contributed by atoms with E-state index in [-0.39, 0.29) is 5.97 Å². The van der Waals surface area contributed by atoms with Gasteiger partial charge in [-0.2, -0.15) is 0 Å². The molecule has 0 fully saturated rings. The maximum Gasteiger partial charge on any atom is 0.337 e. The number of ether oxygens (including phenoxy) is 2. The lowest BCUT2D eigenvalue weighted by molar-refractivity contribution is 0.0600. The van der Waals surface area contributed by atoms with Gasteiger partial charge in [-0.25, -0.2) is 4.79 Å². The van der Waals surface area contributed by atoms with Crippen LogP contribution in [0.2, 0.25) is 5.02 Å². The monoisotopic (exact) mass is 276 g/mol. The zero-order valence-electron chi connectivity index (χ0n) is 10.4. The number of esters is 1. The van der Waals surface area contributed by atoms with E-state index < -0.39 is 0 Å². The predicted molar refractivity (Wildman–Crippen MR) is 73.6 cm³/mol. The molecule has 0 N–H and O–H groups in total. The highest BCUT2D eigenvalue weighted by molar-refractivity contribution is 6.30. The molecule has 0 aliphatic heterocycles. The Morgan fingerprint density at radius 3 is 2.26 bits per heavy atom. The number of halogens is 1. The molecule has 4 heteroatoms. The van der Waals surface area contributed by atoms with Gasteiger partial charge in [0.2, 0.25) is 0 Å². The molecule has 0 aromatic heterocycles. The molecular formula is C15H13ClO3. The summed E-state index contributed by atoms with van der Waals surface area (Å²) < 4.78 is 10.2. The molecule has 0 saturated carbocycles. The second-order valence-electron chi connectivity index (χ2n) is 3.93. The van der Waals surface area contributed by atoms with E-state index in [2.05, 4.69) is 4.74 Å². The molecule has 0 unspecified atom stereocenters. The van der Waals surface area contributed by atoms with Crippen LogP contribution in [-0.4, -0.2) is 13.1 Å². The molecule has 0 heterocycles. The lowest BCUT2D eigenvalue weighted by Crippen LogP contribution is -2.01. The molecule has 0 amide bonds. The molecule has 2 aromatic rings. The minimum Gasteiger partial charge on any atom is -0.489 e. The highest BCUT2D eigenvalue weighted by Crippen LogP contribution is 2.17. The topological polar surface area (TPSA) is 35.5 Å². The molecular weight excluding hydrogens is 264 g/mol. The maximum absolute atomic E-state index is 11.3. The Hall–Kier alpha value is -2.00. The van der Waals surface area contributed by atoms with Crippen molar-refractivity contribution in [3.63, 3.8) is 0 Å². The number of hydrogen-bond acceptors (Lipinski definition) is 3. The molecule has 0 aliphatic rings. The highest BCUT2D eigenvalue weighted by Gasteiger charge is 2.04. The summed E-state index contributed by atoms with van der Waals surface area (Å²) in [4.78, 5) is 11.3. The Kier molecular flexibility index (Phi) is 4.42. The van der Waals surface area contributed by atoms with Crippen LogP contribution in [0.4, 0.5) is 0 Å². The predicted octanol–water partition coefficient (Wildman–Crippen LogP) is 3.71. The second kappa shape index (κ2) is 6.25. The molecule has 0 saturated heterocycles. The number of carbonyl (C=O) groups is 1. The smallest absolute Gasteiger partial charge is 0.337 e. The van der Waals surface area contributed by atoms with E-state index in [0.29, 0.717) is 17.2 Å². The summed E-state index contributed by atoms with van der Waals surface area (Å²) >= 11 is 5.79. The summed E-state index contributed by atoms with van der Waals surface area (Å²) in [6, 6.07) is 14.3. The van der Waals surface area contributed by atoms with Crippen molar-refractivity contribution >= 4 is 17.6 Å². The zero-order chi connectivity index (χ0) is 13.7. The summed E-state index contributed by atoms with van der Waals surface area (Å²) in [6.45, 7) is 0.434. The van der Waals surface area contributed by atoms with Crippen LogP contribution >= 0.6 is 11.6 Å². The molecule has 3 nitrogen and oxygen atoms in total. The van der Waals surface area contributed by atoms with E-state index in [0.717, 1.165) is 11.3 Å². The van der Waals surface area contributed by atoms with Gasteiger partial charge in [0.15, 0.2) is 0 Å². The summed E-state index contributed by atoms with van der Waals surface area (Å²) in [5, 5.41) is 0.676. The highest BCUT2D eigenvalue weighted by atomic mass is 35.5. The first-order valence-electron chi connectivity index (χ1n) is 5.74. The number of hydrogen-bond donors (Lipinski definition) is 0. The van der Waals surface area contributed by atoms with Gasteiger partial charge in [0.05, 0.1) is 12.7 Å². The van der Waals surface area contributed by atoms with Gasteiger partial charge < -0.3 is 9.47 Å². The SMILES string of the molecule is COC(=O)c1ccc(COc2ccc(Cl)cc2)cc1. The third kappa shape index (κ3) is 3.73. The Morgan fingerprint density at radius 1 is 1.05 bits per heavy atom. The van der Waals surface area contributed by atoms with E-state index >= 15 is 0 Å². The summed E-state index contributed by atoms with van der Waals surface area (Å²) in [5.41, 5.74) is 1.50. The molecule has 0 atom stereocenters. The minimum atomic E-state index is -0.342. The largest absolute Gasteiger partial charge is 0.489 e. The van der Waals surface area contributed by atoms with E-state index in [1.165, 1.54) is 7.11 Å². The van der Waals surface area contributed by atoms with Crippen LogP contribution in [0.1, 0.15) is 15.9 Å². The standard InChI is InChI=1S/C15H13ClO3/c1-18-15(17)12-4-2-11(3-5-12)10-19-14-8-6-13(16)7-9-14/h2-9H,10H2,1H3. The van der Waals surface area contributed by atoms with Gasteiger partial charge in [0.1, 0.15) is 12.4 Å². The third-order valence-corrected chi connectivity index (χ3v) is 2.85. The molecule has 0 radical (unpaired) electrons. The van der Waals surface area contributed by atoms with E-state index in [9.17, 15) is 4.79 Å². The van der Waals surface area contributed by atoms with Crippen molar-refractivity contribution < 1.29 is 14.3 Å². The van der Waals surface area contributed by atoms with Crippen molar-refractivity contribution in [2.75, 3.05) is 7.11 Å². The molecule has 2 rings (SSSR count). The van der Waals surface area contributed by atoms with Crippen molar-refractivity contribution in [2.45, 2.75) is 6.61 Å². The van der Waals surface area contributed by atoms with Crippen LogP contribution in [0.5, 0.6) is 5.75 Å². The third-order valence-electron chi connectivity index (χ3n) is 2.59. The Bertz CT molecular complexity index is 547. The second-order valence-corrected chi connectivity index (χ2v) is 4.37. The van der Waals surface area contributed by atoms with E-state index in [1.54, 1.807) is 24.3 Å². The average molecular weight is 277 g/mol. The number of rotatable bonds is 4. The molecule has 0 bridgehead atoms. The van der Waals surface area contributed by atoms with Crippen LogP contribution < -0.4 is 4.74 Å². The first kappa shape index (κ1) is 13.4. The Morgan fingerprint density at radius 2 is 1.68 bits per heavy atom. The van der Waals surface area contributed by atoms with Gasteiger partial charge in [-0.05, 0) is 42.0 Å². The molecule has 0 aliphatic carbocycles. The lowest BCUT2D eigenvalue weighted by Gasteiger charge is -2.07. The normalized spacial score (nSPS) is 10.0. The van der Waals surface area contributed by atoms with Gasteiger partial charge in [-0.3, -0.25) is 0 Å². The maximum atomic E-state index is 11.3. The number of benzene rings is 2. The van der Waals surface area contributed by atoms with Crippen molar-refractivity contribution in [3.8, 4) is 5.75 Å². The Balaban J connectivity index is 1.96. The van der Waals surface area contributed by atoms with Crippen molar-refractivity contribution in [2.24, 2.45) is 0 Å². The van der Waals surface area contributed by atoms with Gasteiger partial charge in [0, 0.05) is 5.02 Å². The summed E-state index contributed by atoms with van der Waals surface area (Å²) in [5.74, 6) is 0.409. The van der Waals surface area contributed by atoms with Crippen LogP contribution in [0, 0.1) is 0 Å². The fourth-order valence-electron chi connectivity index (χ4n) is 1.55. The molecule has 19 heavy (non-hydrogen) atoms. The summed E-state index contributed by atoms with van der Waals surface area (Å²) in [6.07, 6.45) is 0. The van der Waals surface area contributed by atoms with E-state index in [1.807, 2.05) is 24.3 Å². The van der Waals surface area contributed by atoms with Crippen LogP contribution in [-0.2, 0) is 11.3 Å². The zero-order valence-corrected chi connectivity index (χ0v) is 11.2. The van der Waals surface area contributed by atoms with Crippen LogP contribution in [0.25, 0.3) is 0 Å². The van der Waals surface area contributed by atoms with Gasteiger partial charge in [0.25, 0.3) is 0 Å². The van der Waals surface area contributed by atoms with Gasteiger partial charge in [-0.15, -0.1) is 0 Å². The van der Waals surface area contributed by atoms with Crippen LogP contribution in [0.3, 0.4) is 0 Å². The molecule has 2 aromatic carbocycles. The summed E-state index contributed by atoms with van der Waals surface area (Å²) in [7, 11) is 1.36. The first-order valence-corrected chi connectivity index (χ1v) is 6.12. The van der Waals surface area contributed by atoms with E-state index in [4.69, 9.17) is 16.3 Å². The minimum absolute atomic E-state index is 0.342. The molecule has 98 valence electrons. The van der Waals surface area contributed by atoms with Gasteiger partial charge >= 0.3 is 5.97 Å². The number of carbonyl (C=O) groups excluding carboxylic acids is 1. The fraction of sp³-hybridized carbons (Fsp3) is 0.133. The van der Waals surface area contributed by atoms with Crippen molar-refractivity contribution in [3.05, 3.63) is 64.7 Å². The van der Waals surface area contributed by atoms with Crippen molar-refractivity contribution in [1.29, 1.82) is 0 Å². The quantitative estimate of drug-likeness (QED) is 0.799. The van der Waals surface area contributed by atoms with Crippen molar-refractivity contribution in [1.82, 2.24) is 0 Å². The average Bonchev–Trinajstić information content (AvgIpc) is 2.46.